The van der Waals surface area contributed by atoms with Gasteiger partial charge in [-0.15, -0.1) is 0 Å². The number of hydrogen-bond acceptors (Lipinski definition) is 4. The van der Waals surface area contributed by atoms with Crippen molar-refractivity contribution in [2.75, 3.05) is 13.7 Å². The molecule has 0 heterocycles. The maximum atomic E-state index is 12.3. The lowest BCUT2D eigenvalue weighted by Crippen LogP contribution is -2.47. The van der Waals surface area contributed by atoms with Crippen molar-refractivity contribution < 1.29 is 24.2 Å². The van der Waals surface area contributed by atoms with Gasteiger partial charge in [0.1, 0.15) is 0 Å². The summed E-state index contributed by atoms with van der Waals surface area (Å²) >= 11 is 0. The highest BCUT2D eigenvalue weighted by molar-refractivity contribution is 5.85. The molecule has 2 saturated carbocycles. The quantitative estimate of drug-likeness (QED) is 0.606. The van der Waals surface area contributed by atoms with Crippen molar-refractivity contribution in [3.63, 3.8) is 0 Å². The van der Waals surface area contributed by atoms with Crippen LogP contribution in [0.15, 0.2) is 0 Å². The molecule has 0 spiro atoms. The van der Waals surface area contributed by atoms with Crippen molar-refractivity contribution in [2.24, 2.45) is 11.8 Å². The summed E-state index contributed by atoms with van der Waals surface area (Å²) in [6, 6.07) is -0.884. The van der Waals surface area contributed by atoms with Crippen molar-refractivity contribution in [3.05, 3.63) is 0 Å². The van der Waals surface area contributed by atoms with Gasteiger partial charge in [0.05, 0.1) is 6.61 Å². The first-order valence-corrected chi connectivity index (χ1v) is 9.81. The third-order valence-electron chi connectivity index (χ3n) is 5.61. The van der Waals surface area contributed by atoms with Crippen molar-refractivity contribution in [3.8, 4) is 0 Å². The Labute approximate surface area is 155 Å². The molecular formula is C19H32N2O5. The maximum absolute atomic E-state index is 12.3. The Morgan fingerprint density at radius 2 is 1.69 bits per heavy atom. The van der Waals surface area contributed by atoms with E-state index >= 15 is 0 Å². The molecule has 0 radical (unpaired) electrons. The predicted octanol–water partition coefficient (Wildman–Crippen LogP) is 1.85. The monoisotopic (exact) mass is 368 g/mol. The Kier molecular flexibility index (Phi) is 8.35. The van der Waals surface area contributed by atoms with Gasteiger partial charge in [0, 0.05) is 25.5 Å². The van der Waals surface area contributed by atoms with Crippen molar-refractivity contribution in [1.82, 2.24) is 10.6 Å². The van der Waals surface area contributed by atoms with Crippen LogP contribution in [0.3, 0.4) is 0 Å². The fourth-order valence-corrected chi connectivity index (χ4v) is 4.07. The zero-order valence-corrected chi connectivity index (χ0v) is 15.7. The van der Waals surface area contributed by atoms with Crippen LogP contribution in [0.2, 0.25) is 0 Å². The summed E-state index contributed by atoms with van der Waals surface area (Å²) in [6.07, 6.45) is 9.55. The molecule has 0 aromatic rings. The molecule has 1 unspecified atom stereocenters. The van der Waals surface area contributed by atoms with Gasteiger partial charge >= 0.3 is 5.97 Å². The first kappa shape index (κ1) is 20.7. The van der Waals surface area contributed by atoms with Crippen LogP contribution in [-0.2, 0) is 19.1 Å². The summed E-state index contributed by atoms with van der Waals surface area (Å²) in [7, 11) is 1.41. The number of hydrogen-bond donors (Lipinski definition) is 3. The van der Waals surface area contributed by atoms with Crippen LogP contribution in [0.5, 0.6) is 0 Å². The van der Waals surface area contributed by atoms with Gasteiger partial charge in [-0.3, -0.25) is 9.59 Å². The van der Waals surface area contributed by atoms with Crippen molar-refractivity contribution in [1.29, 1.82) is 0 Å². The molecule has 0 aromatic carbocycles. The average Bonchev–Trinajstić information content (AvgIpc) is 2.62. The Balaban J connectivity index is 1.69. The molecule has 2 rings (SSSR count). The number of amides is 2. The van der Waals surface area contributed by atoms with E-state index in [-0.39, 0.29) is 30.4 Å². The molecule has 26 heavy (non-hydrogen) atoms. The number of carbonyl (C=O) groups excluding carboxylic acids is 2. The van der Waals surface area contributed by atoms with Gasteiger partial charge < -0.3 is 20.5 Å². The number of rotatable bonds is 8. The van der Waals surface area contributed by atoms with E-state index in [1.165, 1.54) is 26.4 Å². The molecule has 2 aliphatic carbocycles. The van der Waals surface area contributed by atoms with Gasteiger partial charge in [-0.1, -0.05) is 19.3 Å². The summed E-state index contributed by atoms with van der Waals surface area (Å²) in [6.45, 7) is -0.0480. The van der Waals surface area contributed by atoms with Gasteiger partial charge in [0.2, 0.25) is 11.8 Å². The van der Waals surface area contributed by atoms with Gasteiger partial charge in [-0.25, -0.2) is 4.79 Å². The highest BCUT2D eigenvalue weighted by Crippen LogP contribution is 2.27. The van der Waals surface area contributed by atoms with E-state index in [0.717, 1.165) is 25.7 Å². The van der Waals surface area contributed by atoms with E-state index in [9.17, 15) is 14.4 Å². The van der Waals surface area contributed by atoms with Crippen LogP contribution < -0.4 is 10.6 Å². The Morgan fingerprint density at radius 1 is 1.04 bits per heavy atom. The number of aliphatic carboxylic acids is 1. The normalized spacial score (nSPS) is 25.3. The van der Waals surface area contributed by atoms with E-state index in [0.29, 0.717) is 25.2 Å². The summed E-state index contributed by atoms with van der Waals surface area (Å²) in [4.78, 5) is 35.6. The standard InChI is InChI=1S/C19H32N2O5/c1-26-12-16(19(24)25)21-18(23)14-7-9-15(10-8-14)20-17(22)11-13-5-3-2-4-6-13/h13-16H,2-12H2,1H3,(H,20,22)(H,21,23)(H,24,25). The number of carboxylic acids is 1. The fraction of sp³-hybridized carbons (Fsp3) is 0.842. The number of carbonyl (C=O) groups is 3. The molecule has 148 valence electrons. The minimum atomic E-state index is -1.09. The highest BCUT2D eigenvalue weighted by atomic mass is 16.5. The molecule has 1 atom stereocenters. The van der Waals surface area contributed by atoms with Crippen LogP contribution in [0, 0.1) is 11.8 Å². The van der Waals surface area contributed by atoms with Crippen LogP contribution in [0.4, 0.5) is 0 Å². The maximum Gasteiger partial charge on any atom is 0.328 e. The second-order valence-electron chi connectivity index (χ2n) is 7.68. The summed E-state index contributed by atoms with van der Waals surface area (Å²) in [5, 5.41) is 14.8. The van der Waals surface area contributed by atoms with Crippen LogP contribution >= 0.6 is 0 Å². The smallest absolute Gasteiger partial charge is 0.328 e. The van der Waals surface area contributed by atoms with E-state index in [1.54, 1.807) is 0 Å². The zero-order valence-electron chi connectivity index (χ0n) is 15.7. The molecule has 3 N–H and O–H groups in total. The fourth-order valence-electron chi connectivity index (χ4n) is 4.07. The molecule has 7 nitrogen and oxygen atoms in total. The molecule has 7 heteroatoms. The molecule has 0 aliphatic heterocycles. The summed E-state index contributed by atoms with van der Waals surface area (Å²) < 4.78 is 4.83. The summed E-state index contributed by atoms with van der Waals surface area (Å²) in [5.41, 5.74) is 0. The van der Waals surface area contributed by atoms with E-state index in [1.807, 2.05) is 0 Å². The van der Waals surface area contributed by atoms with E-state index in [4.69, 9.17) is 9.84 Å². The molecule has 0 bridgehead atoms. The van der Waals surface area contributed by atoms with Crippen molar-refractivity contribution >= 4 is 17.8 Å². The third kappa shape index (κ3) is 6.59. The van der Waals surface area contributed by atoms with Crippen molar-refractivity contribution in [2.45, 2.75) is 76.3 Å². The molecular weight excluding hydrogens is 336 g/mol. The van der Waals surface area contributed by atoms with Crippen LogP contribution in [-0.4, -0.2) is 48.7 Å². The number of methoxy groups -OCH3 is 1. The zero-order chi connectivity index (χ0) is 18.9. The summed E-state index contributed by atoms with van der Waals surface area (Å²) in [5.74, 6) is -0.860. The molecule has 0 saturated heterocycles. The number of carboxylic acid groups (broad SMARTS) is 1. The van der Waals surface area contributed by atoms with Gasteiger partial charge in [-0.05, 0) is 44.4 Å². The minimum absolute atomic E-state index is 0.0480. The number of ether oxygens (including phenoxy) is 1. The van der Waals surface area contributed by atoms with E-state index in [2.05, 4.69) is 10.6 Å². The Hall–Kier alpha value is -1.63. The van der Waals surface area contributed by atoms with E-state index < -0.39 is 12.0 Å². The topological polar surface area (TPSA) is 105 Å². The largest absolute Gasteiger partial charge is 0.480 e. The predicted molar refractivity (Wildman–Crippen MR) is 96.5 cm³/mol. The molecule has 2 fully saturated rings. The Morgan fingerprint density at radius 3 is 2.27 bits per heavy atom. The molecule has 2 aliphatic rings. The lowest BCUT2D eigenvalue weighted by atomic mass is 9.84. The van der Waals surface area contributed by atoms with Crippen LogP contribution in [0.1, 0.15) is 64.2 Å². The first-order valence-electron chi connectivity index (χ1n) is 9.81. The lowest BCUT2D eigenvalue weighted by Gasteiger charge is -2.30. The van der Waals surface area contributed by atoms with Crippen LogP contribution in [0.25, 0.3) is 0 Å². The number of nitrogens with one attached hydrogen (secondary N) is 2. The minimum Gasteiger partial charge on any atom is -0.480 e. The van der Waals surface area contributed by atoms with Gasteiger partial charge in [0.15, 0.2) is 6.04 Å². The van der Waals surface area contributed by atoms with Gasteiger partial charge in [-0.2, -0.15) is 0 Å². The second-order valence-corrected chi connectivity index (χ2v) is 7.68. The lowest BCUT2D eigenvalue weighted by molar-refractivity contribution is -0.144. The SMILES string of the molecule is COCC(NC(=O)C1CCC(NC(=O)CC2CCCCC2)CC1)C(=O)O. The Bertz CT molecular complexity index is 482. The van der Waals surface area contributed by atoms with Gasteiger partial charge in [0.25, 0.3) is 0 Å². The second kappa shape index (κ2) is 10.5. The first-order chi connectivity index (χ1) is 12.5. The molecule has 2 amide bonds. The molecule has 0 aromatic heterocycles. The third-order valence-corrected chi connectivity index (χ3v) is 5.61. The average molecular weight is 368 g/mol. The highest BCUT2D eigenvalue weighted by Gasteiger charge is 2.30.